The highest BCUT2D eigenvalue weighted by molar-refractivity contribution is 7.27. The van der Waals surface area contributed by atoms with Crippen LogP contribution in [-0.2, 0) is 14.3 Å². The second-order valence-electron chi connectivity index (χ2n) is 6.86. The molecule has 8 heteroatoms. The first kappa shape index (κ1) is 16.7. The molecule has 0 aromatic carbocycles. The van der Waals surface area contributed by atoms with Crippen LogP contribution in [0.1, 0.15) is 36.4 Å². The van der Waals surface area contributed by atoms with Crippen LogP contribution in [0.4, 0.5) is 4.79 Å². The van der Waals surface area contributed by atoms with E-state index in [1.165, 1.54) is 11.3 Å². The summed E-state index contributed by atoms with van der Waals surface area (Å²) in [5, 5.41) is 1.98. The number of Topliss-reactive ketones (excluding diaryl/α,β-unsaturated/α-hetero) is 1. The van der Waals surface area contributed by atoms with Crippen molar-refractivity contribution in [1.82, 2.24) is 0 Å². The number of ether oxygens (including phenoxy) is 2. The monoisotopic (exact) mass is 380 g/mol. The van der Waals surface area contributed by atoms with Crippen LogP contribution in [0.5, 0.6) is 0 Å². The van der Waals surface area contributed by atoms with Crippen molar-refractivity contribution in [3.63, 3.8) is 0 Å². The second-order valence-corrected chi connectivity index (χ2v) is 8.89. The lowest BCUT2D eigenvalue weighted by atomic mass is 10.1. The number of esters is 1. The van der Waals surface area contributed by atoms with Crippen molar-refractivity contribution in [2.45, 2.75) is 38.5 Å². The zero-order valence-electron chi connectivity index (χ0n) is 13.9. The van der Waals surface area contributed by atoms with E-state index in [0.29, 0.717) is 17.8 Å². The van der Waals surface area contributed by atoms with Gasteiger partial charge in [0.15, 0.2) is 6.61 Å². The van der Waals surface area contributed by atoms with Crippen LogP contribution < -0.4 is 0 Å². The molecule has 0 saturated carbocycles. The first-order valence-electron chi connectivity index (χ1n) is 8.13. The van der Waals surface area contributed by atoms with Crippen LogP contribution >= 0.6 is 22.7 Å². The number of quaternary nitrogens is 1. The minimum absolute atomic E-state index is 0.0191. The fraction of sp³-hybridized carbons (Fsp3) is 0.471. The summed E-state index contributed by atoms with van der Waals surface area (Å²) in [4.78, 5) is 37.5. The summed E-state index contributed by atoms with van der Waals surface area (Å²) >= 11 is 2.98. The van der Waals surface area contributed by atoms with Crippen molar-refractivity contribution < 1.29 is 28.3 Å². The SMILES string of the molecule is CC1(C)OC(=O)[N+]12CCCC2C(=O)OCC(=O)c1cc2sccc2s1. The molecular formula is C17H18NO5S2+. The third-order valence-electron chi connectivity index (χ3n) is 5.18. The van der Waals surface area contributed by atoms with E-state index in [4.69, 9.17) is 9.47 Å². The van der Waals surface area contributed by atoms with E-state index in [1.54, 1.807) is 11.3 Å². The Hall–Kier alpha value is -1.77. The minimum atomic E-state index is -0.723. The summed E-state index contributed by atoms with van der Waals surface area (Å²) < 4.78 is 12.6. The lowest BCUT2D eigenvalue weighted by Gasteiger charge is -2.52. The van der Waals surface area contributed by atoms with Crippen LogP contribution in [0.3, 0.4) is 0 Å². The minimum Gasteiger partial charge on any atom is -0.453 e. The maximum atomic E-state index is 12.6. The molecular weight excluding hydrogens is 362 g/mol. The Kier molecular flexibility index (Phi) is 3.75. The number of carbonyl (C=O) groups excluding carboxylic acids is 3. The Labute approximate surface area is 152 Å². The van der Waals surface area contributed by atoms with E-state index in [2.05, 4.69) is 0 Å². The lowest BCUT2D eigenvalue weighted by molar-refractivity contribution is -0.981. The fourth-order valence-electron chi connectivity index (χ4n) is 3.84. The van der Waals surface area contributed by atoms with Gasteiger partial charge in [-0.2, -0.15) is 9.28 Å². The molecule has 2 aromatic heterocycles. The molecule has 2 aliphatic rings. The normalized spacial score (nSPS) is 27.3. The standard InChI is InChI=1S/C17H18NO5S2/c1-17(2)18(16(21)23-17)6-3-4-10(18)15(20)22-9-11(19)13-8-14-12(25-13)5-7-24-14/h5,7-8,10H,3-4,6,9H2,1-2H3/q+1. The third-order valence-corrected chi connectivity index (χ3v) is 7.31. The number of thiophene rings is 2. The molecule has 0 N–H and O–H groups in total. The van der Waals surface area contributed by atoms with Crippen molar-refractivity contribution in [2.24, 2.45) is 0 Å². The Morgan fingerprint density at radius 2 is 2.20 bits per heavy atom. The van der Waals surface area contributed by atoms with Gasteiger partial charge in [0.25, 0.3) is 5.72 Å². The molecule has 2 saturated heterocycles. The largest absolute Gasteiger partial charge is 0.524 e. The Morgan fingerprint density at radius 3 is 2.88 bits per heavy atom. The number of hydrogen-bond donors (Lipinski definition) is 0. The van der Waals surface area contributed by atoms with Crippen LogP contribution in [-0.4, -0.2) is 47.2 Å². The Balaban J connectivity index is 1.44. The van der Waals surface area contributed by atoms with Crippen molar-refractivity contribution in [1.29, 1.82) is 0 Å². The maximum Gasteiger partial charge on any atom is 0.524 e. The average Bonchev–Trinajstić information content (AvgIpc) is 3.25. The van der Waals surface area contributed by atoms with Gasteiger partial charge in [-0.3, -0.25) is 4.79 Å². The van der Waals surface area contributed by atoms with Gasteiger partial charge in [-0.25, -0.2) is 4.79 Å². The first-order chi connectivity index (χ1) is 11.8. The highest BCUT2D eigenvalue weighted by atomic mass is 32.1. The summed E-state index contributed by atoms with van der Waals surface area (Å²) in [5.41, 5.74) is -0.723. The van der Waals surface area contributed by atoms with Crippen LogP contribution in [0.25, 0.3) is 9.40 Å². The molecule has 2 fully saturated rings. The molecule has 1 amide bonds. The maximum absolute atomic E-state index is 12.6. The molecule has 132 valence electrons. The second kappa shape index (κ2) is 5.62. The van der Waals surface area contributed by atoms with E-state index in [0.717, 1.165) is 15.8 Å². The number of amides is 1. The number of fused-ring (bicyclic) bond motifs is 1. The number of carbonyl (C=O) groups is 3. The molecule has 2 unspecified atom stereocenters. The van der Waals surface area contributed by atoms with Crippen LogP contribution in [0, 0.1) is 0 Å². The van der Waals surface area contributed by atoms with Gasteiger partial charge in [0.05, 0.1) is 11.4 Å². The van der Waals surface area contributed by atoms with Crippen LogP contribution in [0.15, 0.2) is 17.5 Å². The number of rotatable bonds is 4. The van der Waals surface area contributed by atoms with Gasteiger partial charge in [0.1, 0.15) is 0 Å². The first-order valence-corrected chi connectivity index (χ1v) is 9.83. The molecule has 2 aliphatic heterocycles. The summed E-state index contributed by atoms with van der Waals surface area (Å²) in [6, 6.07) is 3.22. The molecule has 2 atom stereocenters. The van der Waals surface area contributed by atoms with Crippen LogP contribution in [0.2, 0.25) is 0 Å². The van der Waals surface area contributed by atoms with Crippen molar-refractivity contribution in [2.75, 3.05) is 13.2 Å². The average molecular weight is 380 g/mol. The number of hydrogen-bond acceptors (Lipinski definition) is 7. The zero-order chi connectivity index (χ0) is 17.8. The Bertz CT molecular complexity index is 854. The Morgan fingerprint density at radius 1 is 1.40 bits per heavy atom. The van der Waals surface area contributed by atoms with Gasteiger partial charge in [-0.05, 0) is 17.5 Å². The predicted molar refractivity (Wildman–Crippen MR) is 93.7 cm³/mol. The van der Waals surface area contributed by atoms with Gasteiger partial charge < -0.3 is 9.47 Å². The van der Waals surface area contributed by atoms with E-state index in [-0.39, 0.29) is 23.0 Å². The molecule has 25 heavy (non-hydrogen) atoms. The highest BCUT2D eigenvalue weighted by Crippen LogP contribution is 2.46. The molecule has 0 bridgehead atoms. The summed E-state index contributed by atoms with van der Waals surface area (Å²) in [6.07, 6.45) is 0.947. The predicted octanol–water partition coefficient (Wildman–Crippen LogP) is 3.55. The molecule has 0 aliphatic carbocycles. The number of nitrogens with zero attached hydrogens (tertiary/aromatic N) is 1. The van der Waals surface area contributed by atoms with Gasteiger partial charge in [0.2, 0.25) is 11.8 Å². The topological polar surface area (TPSA) is 69.7 Å². The van der Waals surface area contributed by atoms with E-state index >= 15 is 0 Å². The van der Waals surface area contributed by atoms with E-state index in [9.17, 15) is 14.4 Å². The molecule has 6 nitrogen and oxygen atoms in total. The smallest absolute Gasteiger partial charge is 0.453 e. The van der Waals surface area contributed by atoms with Gasteiger partial charge >= 0.3 is 12.1 Å². The quantitative estimate of drug-likeness (QED) is 0.461. The third kappa shape index (κ3) is 2.35. The van der Waals surface area contributed by atoms with E-state index < -0.39 is 17.7 Å². The summed E-state index contributed by atoms with van der Waals surface area (Å²) in [6.45, 7) is 3.90. The van der Waals surface area contributed by atoms with Crippen molar-refractivity contribution in [3.8, 4) is 0 Å². The van der Waals surface area contributed by atoms with Gasteiger partial charge in [-0.1, -0.05) is 0 Å². The molecule has 4 rings (SSSR count). The van der Waals surface area contributed by atoms with Crippen molar-refractivity contribution in [3.05, 3.63) is 22.4 Å². The fourth-order valence-corrected chi connectivity index (χ4v) is 5.87. The highest BCUT2D eigenvalue weighted by Gasteiger charge is 2.72. The lowest BCUT2D eigenvalue weighted by Crippen LogP contribution is -2.79. The number of ketones is 1. The van der Waals surface area contributed by atoms with E-state index in [1.807, 2.05) is 31.4 Å². The zero-order valence-corrected chi connectivity index (χ0v) is 15.6. The van der Waals surface area contributed by atoms with Gasteiger partial charge in [0, 0.05) is 36.1 Å². The van der Waals surface area contributed by atoms with Crippen molar-refractivity contribution >= 4 is 49.9 Å². The molecule has 1 spiro atoms. The number of cyclic esters (lactones) is 1. The summed E-state index contributed by atoms with van der Waals surface area (Å²) in [5.74, 6) is -0.703. The summed E-state index contributed by atoms with van der Waals surface area (Å²) in [7, 11) is 0. The van der Waals surface area contributed by atoms with Gasteiger partial charge in [-0.15, -0.1) is 22.7 Å². The molecule has 0 radical (unpaired) electrons. The molecule has 4 heterocycles. The molecule has 2 aromatic rings.